The Morgan fingerprint density at radius 2 is 1.85 bits per heavy atom. The normalized spacial score (nSPS) is 20.6. The summed E-state index contributed by atoms with van der Waals surface area (Å²) >= 11 is 6.03. The Morgan fingerprint density at radius 3 is 2.35 bits per heavy atom. The van der Waals surface area contributed by atoms with Gasteiger partial charge in [-0.15, -0.1) is 0 Å². The summed E-state index contributed by atoms with van der Waals surface area (Å²) in [5.74, 6) is 2.27. The molecule has 6 heteroatoms. The molecule has 1 aromatic heterocycles. The van der Waals surface area contributed by atoms with Crippen LogP contribution < -0.4 is 4.74 Å². The van der Waals surface area contributed by atoms with Crippen LogP contribution >= 0.6 is 11.6 Å². The standard InChI is InChI=1S/C14H19BClNO3/c1-13(2)14(3,4)20-15(19-13)7-6-10-8-11(16)12(18-5)17-9-10/h6-9H,1-5H3/b7-6+. The molecule has 0 atom stereocenters. The van der Waals surface area contributed by atoms with Gasteiger partial charge in [-0.1, -0.05) is 23.7 Å². The molecule has 1 aliphatic rings. The molecule has 0 aliphatic carbocycles. The van der Waals surface area contributed by atoms with Crippen molar-refractivity contribution in [2.45, 2.75) is 38.9 Å². The first kappa shape index (κ1) is 15.4. The van der Waals surface area contributed by atoms with Crippen LogP contribution in [0.15, 0.2) is 18.2 Å². The van der Waals surface area contributed by atoms with Crippen molar-refractivity contribution < 1.29 is 14.0 Å². The predicted octanol–water partition coefficient (Wildman–Crippen LogP) is 3.39. The maximum atomic E-state index is 6.03. The Balaban J connectivity index is 2.10. The van der Waals surface area contributed by atoms with Crippen LogP contribution in [0.3, 0.4) is 0 Å². The number of hydrogen-bond donors (Lipinski definition) is 0. The quantitative estimate of drug-likeness (QED) is 0.802. The molecule has 20 heavy (non-hydrogen) atoms. The summed E-state index contributed by atoms with van der Waals surface area (Å²) in [4.78, 5) is 4.11. The lowest BCUT2D eigenvalue weighted by atomic mass is 9.89. The number of hydrogen-bond acceptors (Lipinski definition) is 4. The zero-order valence-corrected chi connectivity index (χ0v) is 13.2. The monoisotopic (exact) mass is 295 g/mol. The van der Waals surface area contributed by atoms with Crippen LogP contribution in [-0.2, 0) is 9.31 Å². The maximum absolute atomic E-state index is 6.03. The Hall–Kier alpha value is -1.04. The van der Waals surface area contributed by atoms with Crippen LogP contribution in [0, 0.1) is 0 Å². The molecule has 0 spiro atoms. The molecule has 2 rings (SSSR count). The van der Waals surface area contributed by atoms with Crippen molar-refractivity contribution in [3.05, 3.63) is 28.8 Å². The minimum Gasteiger partial charge on any atom is -0.480 e. The fourth-order valence-corrected chi connectivity index (χ4v) is 2.09. The minimum atomic E-state index is -0.374. The van der Waals surface area contributed by atoms with E-state index in [0.29, 0.717) is 10.9 Å². The van der Waals surface area contributed by atoms with E-state index in [1.807, 2.05) is 39.7 Å². The molecule has 0 aromatic carbocycles. The van der Waals surface area contributed by atoms with Crippen LogP contribution in [0.4, 0.5) is 0 Å². The maximum Gasteiger partial charge on any atom is 0.487 e. The van der Waals surface area contributed by atoms with E-state index in [1.165, 1.54) is 7.11 Å². The Kier molecular flexibility index (Phi) is 4.14. The van der Waals surface area contributed by atoms with Crippen LogP contribution in [0.5, 0.6) is 5.88 Å². The van der Waals surface area contributed by atoms with E-state index in [1.54, 1.807) is 12.3 Å². The number of rotatable bonds is 3. The van der Waals surface area contributed by atoms with Gasteiger partial charge in [0.2, 0.25) is 5.88 Å². The van der Waals surface area contributed by atoms with Gasteiger partial charge in [-0.3, -0.25) is 0 Å². The summed E-state index contributed by atoms with van der Waals surface area (Å²) in [5, 5.41) is 0.476. The number of ether oxygens (including phenoxy) is 1. The van der Waals surface area contributed by atoms with E-state index in [-0.39, 0.29) is 18.3 Å². The fourth-order valence-electron chi connectivity index (χ4n) is 1.84. The first-order valence-corrected chi connectivity index (χ1v) is 6.86. The van der Waals surface area contributed by atoms with Gasteiger partial charge in [0.05, 0.1) is 18.3 Å². The summed E-state index contributed by atoms with van der Waals surface area (Å²) in [6, 6.07) is 1.79. The van der Waals surface area contributed by atoms with E-state index in [2.05, 4.69) is 4.98 Å². The molecule has 1 aliphatic heterocycles. The molecule has 2 heterocycles. The first-order chi connectivity index (χ1) is 9.25. The van der Waals surface area contributed by atoms with Gasteiger partial charge in [0.1, 0.15) is 5.02 Å². The van der Waals surface area contributed by atoms with Gasteiger partial charge >= 0.3 is 7.12 Å². The Bertz CT molecular complexity index is 515. The van der Waals surface area contributed by atoms with Crippen LogP contribution in [0.2, 0.25) is 5.02 Å². The van der Waals surface area contributed by atoms with Crippen molar-refractivity contribution in [3.8, 4) is 5.88 Å². The highest BCUT2D eigenvalue weighted by Gasteiger charge is 2.49. The molecular formula is C14H19BClNO3. The van der Waals surface area contributed by atoms with Crippen LogP contribution in [-0.4, -0.2) is 30.4 Å². The van der Waals surface area contributed by atoms with E-state index in [9.17, 15) is 0 Å². The topological polar surface area (TPSA) is 40.6 Å². The first-order valence-electron chi connectivity index (χ1n) is 6.48. The summed E-state index contributed by atoms with van der Waals surface area (Å²) in [7, 11) is 1.16. The number of pyridine rings is 1. The summed E-state index contributed by atoms with van der Waals surface area (Å²) in [5.41, 5.74) is 0.195. The van der Waals surface area contributed by atoms with Gasteiger partial charge in [0.15, 0.2) is 0 Å². The second-order valence-corrected chi connectivity index (χ2v) is 6.15. The van der Waals surface area contributed by atoms with Crippen molar-refractivity contribution >= 4 is 24.8 Å². The van der Waals surface area contributed by atoms with Crippen LogP contribution in [0.1, 0.15) is 33.3 Å². The van der Waals surface area contributed by atoms with Crippen molar-refractivity contribution in [2.75, 3.05) is 7.11 Å². The van der Waals surface area contributed by atoms with Crippen LogP contribution in [0.25, 0.3) is 6.08 Å². The number of nitrogens with zero attached hydrogens (tertiary/aromatic N) is 1. The van der Waals surface area contributed by atoms with E-state index in [4.69, 9.17) is 25.6 Å². The van der Waals surface area contributed by atoms with Crippen molar-refractivity contribution in [1.82, 2.24) is 4.98 Å². The molecule has 0 N–H and O–H groups in total. The Morgan fingerprint density at radius 1 is 1.25 bits per heavy atom. The highest BCUT2D eigenvalue weighted by molar-refractivity contribution is 6.52. The van der Waals surface area contributed by atoms with Gasteiger partial charge in [-0.25, -0.2) is 4.98 Å². The molecule has 0 radical (unpaired) electrons. The second-order valence-electron chi connectivity index (χ2n) is 5.74. The zero-order valence-electron chi connectivity index (χ0n) is 12.4. The van der Waals surface area contributed by atoms with Gasteiger partial charge in [0.25, 0.3) is 0 Å². The van der Waals surface area contributed by atoms with Gasteiger partial charge in [-0.05, 0) is 39.3 Å². The second kappa shape index (κ2) is 5.39. The third-order valence-corrected chi connectivity index (χ3v) is 4.01. The SMILES string of the molecule is COc1ncc(/C=C/B2OC(C)(C)C(C)(C)O2)cc1Cl. The van der Waals surface area contributed by atoms with E-state index in [0.717, 1.165) is 5.56 Å². The molecule has 1 saturated heterocycles. The molecule has 1 aromatic rings. The lowest BCUT2D eigenvalue weighted by Gasteiger charge is -2.32. The summed E-state index contributed by atoms with van der Waals surface area (Å²) in [6.45, 7) is 8.08. The van der Waals surface area contributed by atoms with Crippen molar-refractivity contribution in [3.63, 3.8) is 0 Å². The zero-order chi connectivity index (χ0) is 15.0. The largest absolute Gasteiger partial charge is 0.487 e. The van der Waals surface area contributed by atoms with E-state index < -0.39 is 0 Å². The van der Waals surface area contributed by atoms with Gasteiger partial charge < -0.3 is 14.0 Å². The summed E-state index contributed by atoms with van der Waals surface area (Å²) in [6.07, 6.45) is 3.56. The highest BCUT2D eigenvalue weighted by Crippen LogP contribution is 2.37. The highest BCUT2D eigenvalue weighted by atomic mass is 35.5. The fraction of sp³-hybridized carbons (Fsp3) is 0.500. The average molecular weight is 296 g/mol. The number of methoxy groups -OCH3 is 1. The third-order valence-electron chi connectivity index (χ3n) is 3.74. The number of aromatic nitrogens is 1. The Labute approximate surface area is 125 Å². The molecule has 0 saturated carbocycles. The van der Waals surface area contributed by atoms with Gasteiger partial charge in [0, 0.05) is 6.20 Å². The molecule has 4 nitrogen and oxygen atoms in total. The van der Waals surface area contributed by atoms with E-state index >= 15 is 0 Å². The average Bonchev–Trinajstić information content (AvgIpc) is 2.55. The molecule has 108 valence electrons. The predicted molar refractivity (Wildman–Crippen MR) is 80.9 cm³/mol. The van der Waals surface area contributed by atoms with Crippen molar-refractivity contribution in [1.29, 1.82) is 0 Å². The summed E-state index contributed by atoms with van der Waals surface area (Å²) < 4.78 is 16.8. The lowest BCUT2D eigenvalue weighted by molar-refractivity contribution is 0.00578. The van der Waals surface area contributed by atoms with Gasteiger partial charge in [-0.2, -0.15) is 0 Å². The smallest absolute Gasteiger partial charge is 0.480 e. The van der Waals surface area contributed by atoms with Crippen molar-refractivity contribution in [2.24, 2.45) is 0 Å². The molecule has 0 amide bonds. The molecular weight excluding hydrogens is 276 g/mol. The number of halogens is 1. The minimum absolute atomic E-state index is 0.336. The third kappa shape index (κ3) is 3.00. The molecule has 0 bridgehead atoms. The lowest BCUT2D eigenvalue weighted by Crippen LogP contribution is -2.41. The molecule has 1 fully saturated rings. The molecule has 0 unspecified atom stereocenters.